The molecule has 3 heteroatoms. The number of nitrogens with one attached hydrogen (secondary N) is 1. The Labute approximate surface area is 107 Å². The summed E-state index contributed by atoms with van der Waals surface area (Å²) in [7, 11) is 0. The largest absolute Gasteiger partial charge is 0.368 e. The molecule has 0 saturated carbocycles. The van der Waals surface area contributed by atoms with Crippen LogP contribution >= 0.6 is 0 Å². The van der Waals surface area contributed by atoms with Crippen LogP contribution in [0.4, 0.5) is 5.69 Å². The monoisotopic (exact) mass is 239 g/mol. The minimum atomic E-state index is 0.705. The topological polar surface area (TPSA) is 31.9 Å². The van der Waals surface area contributed by atoms with Gasteiger partial charge >= 0.3 is 0 Å². The molecule has 0 unspecified atom stereocenters. The quantitative estimate of drug-likeness (QED) is 0.829. The second-order valence-electron chi connectivity index (χ2n) is 5.47. The Kier molecular flexibility index (Phi) is 2.04. The van der Waals surface area contributed by atoms with E-state index in [0.717, 1.165) is 5.69 Å². The van der Waals surface area contributed by atoms with Gasteiger partial charge < -0.3 is 4.90 Å². The molecule has 0 atom stereocenters. The molecule has 2 aromatic rings. The van der Waals surface area contributed by atoms with Crippen LogP contribution in [0.1, 0.15) is 30.0 Å². The lowest BCUT2D eigenvalue weighted by molar-refractivity contribution is 0.466. The van der Waals surface area contributed by atoms with Gasteiger partial charge in [-0.25, -0.2) is 0 Å². The summed E-state index contributed by atoms with van der Waals surface area (Å²) in [4.78, 5) is 2.50. The van der Waals surface area contributed by atoms with E-state index in [-0.39, 0.29) is 0 Å². The fraction of sp³-hybridized carbons (Fsp3) is 0.400. The van der Waals surface area contributed by atoms with Gasteiger partial charge in [0.1, 0.15) is 5.69 Å². The Morgan fingerprint density at radius 3 is 2.89 bits per heavy atom. The van der Waals surface area contributed by atoms with Crippen LogP contribution in [0, 0.1) is 6.92 Å². The van der Waals surface area contributed by atoms with Crippen molar-refractivity contribution in [3.8, 4) is 11.3 Å². The third kappa shape index (κ3) is 1.33. The lowest BCUT2D eigenvalue weighted by Crippen LogP contribution is -2.38. The number of hydrogen-bond donors (Lipinski definition) is 1. The molecule has 18 heavy (non-hydrogen) atoms. The van der Waals surface area contributed by atoms with E-state index < -0.39 is 0 Å². The highest BCUT2D eigenvalue weighted by Crippen LogP contribution is 2.45. The number of fused-ring (bicyclic) bond motifs is 2. The second-order valence-corrected chi connectivity index (χ2v) is 5.47. The summed E-state index contributed by atoms with van der Waals surface area (Å²) in [5, 5.41) is 7.87. The molecular weight excluding hydrogens is 222 g/mol. The van der Waals surface area contributed by atoms with Crippen LogP contribution in [0.5, 0.6) is 0 Å². The van der Waals surface area contributed by atoms with Crippen LogP contribution in [0.25, 0.3) is 11.3 Å². The summed E-state index contributed by atoms with van der Waals surface area (Å²) in [6.45, 7) is 4.51. The van der Waals surface area contributed by atoms with Crippen molar-refractivity contribution in [1.82, 2.24) is 10.2 Å². The van der Waals surface area contributed by atoms with Crippen LogP contribution < -0.4 is 4.90 Å². The number of aryl methyl sites for hydroxylation is 1. The van der Waals surface area contributed by atoms with Crippen molar-refractivity contribution in [2.45, 2.75) is 25.7 Å². The van der Waals surface area contributed by atoms with Crippen molar-refractivity contribution in [2.24, 2.45) is 0 Å². The molecule has 1 aromatic carbocycles. The van der Waals surface area contributed by atoms with Crippen LogP contribution in [0.2, 0.25) is 0 Å². The van der Waals surface area contributed by atoms with Gasteiger partial charge in [0.15, 0.2) is 0 Å². The van der Waals surface area contributed by atoms with Gasteiger partial charge in [-0.1, -0.05) is 23.8 Å². The number of H-pyrrole nitrogens is 1. The van der Waals surface area contributed by atoms with E-state index in [1.54, 1.807) is 0 Å². The molecule has 4 heterocycles. The zero-order valence-electron chi connectivity index (χ0n) is 10.6. The van der Waals surface area contributed by atoms with Gasteiger partial charge in [0.2, 0.25) is 0 Å². The van der Waals surface area contributed by atoms with Crippen LogP contribution in [0.3, 0.4) is 0 Å². The lowest BCUT2D eigenvalue weighted by atomic mass is 9.86. The van der Waals surface area contributed by atoms with Gasteiger partial charge in [0.25, 0.3) is 0 Å². The summed E-state index contributed by atoms with van der Waals surface area (Å²) in [6, 6.07) is 8.63. The number of rotatable bonds is 1. The molecule has 0 aliphatic carbocycles. The predicted molar refractivity (Wildman–Crippen MR) is 72.9 cm³/mol. The van der Waals surface area contributed by atoms with Crippen LogP contribution in [-0.4, -0.2) is 23.3 Å². The zero-order valence-corrected chi connectivity index (χ0v) is 10.6. The molecule has 5 rings (SSSR count). The van der Waals surface area contributed by atoms with Gasteiger partial charge in [0.05, 0.1) is 11.4 Å². The van der Waals surface area contributed by atoms with Crippen molar-refractivity contribution >= 4 is 5.69 Å². The molecule has 2 bridgehead atoms. The molecule has 0 spiro atoms. The van der Waals surface area contributed by atoms with Crippen molar-refractivity contribution in [3.05, 3.63) is 35.5 Å². The van der Waals surface area contributed by atoms with E-state index in [4.69, 9.17) is 0 Å². The van der Waals surface area contributed by atoms with Gasteiger partial charge in [-0.3, -0.25) is 5.10 Å². The minimum absolute atomic E-state index is 0.705. The average molecular weight is 239 g/mol. The molecule has 3 aliphatic heterocycles. The van der Waals surface area contributed by atoms with Crippen molar-refractivity contribution in [2.75, 3.05) is 18.0 Å². The van der Waals surface area contributed by atoms with Crippen molar-refractivity contribution in [1.29, 1.82) is 0 Å². The zero-order chi connectivity index (χ0) is 12.1. The van der Waals surface area contributed by atoms with E-state index in [9.17, 15) is 0 Å². The molecule has 3 nitrogen and oxygen atoms in total. The summed E-state index contributed by atoms with van der Waals surface area (Å²) < 4.78 is 0. The number of piperidine rings is 1. The van der Waals surface area contributed by atoms with Gasteiger partial charge in [-0.2, -0.15) is 5.10 Å². The first-order chi connectivity index (χ1) is 8.83. The summed E-state index contributed by atoms with van der Waals surface area (Å²) in [5.74, 6) is 0.705. The Morgan fingerprint density at radius 1 is 1.28 bits per heavy atom. The molecule has 1 aromatic heterocycles. The Bertz CT molecular complexity index is 592. The second kappa shape index (κ2) is 3.61. The molecule has 0 amide bonds. The third-order valence-electron chi connectivity index (χ3n) is 4.28. The number of aromatic amines is 1. The number of nitrogens with zero attached hydrogens (tertiary/aromatic N) is 2. The molecular formula is C15H17N3. The third-order valence-corrected chi connectivity index (χ3v) is 4.28. The molecule has 1 N–H and O–H groups in total. The van der Waals surface area contributed by atoms with Gasteiger partial charge in [-0.05, 0) is 25.8 Å². The molecule has 3 aliphatic rings. The first-order valence-corrected chi connectivity index (χ1v) is 6.73. The van der Waals surface area contributed by atoms with Crippen LogP contribution in [0.15, 0.2) is 24.3 Å². The van der Waals surface area contributed by atoms with Crippen molar-refractivity contribution < 1.29 is 0 Å². The van der Waals surface area contributed by atoms with E-state index >= 15 is 0 Å². The van der Waals surface area contributed by atoms with E-state index in [1.165, 1.54) is 48.4 Å². The Morgan fingerprint density at radius 2 is 2.11 bits per heavy atom. The summed E-state index contributed by atoms with van der Waals surface area (Å²) >= 11 is 0. The number of benzene rings is 1. The minimum Gasteiger partial charge on any atom is -0.368 e. The fourth-order valence-electron chi connectivity index (χ4n) is 3.34. The molecule has 92 valence electrons. The Hall–Kier alpha value is -1.77. The average Bonchev–Trinajstić information content (AvgIpc) is 2.87. The highest BCUT2D eigenvalue weighted by atomic mass is 15.2. The first kappa shape index (κ1) is 10.2. The highest BCUT2D eigenvalue weighted by molar-refractivity contribution is 5.79. The summed E-state index contributed by atoms with van der Waals surface area (Å²) in [6.07, 6.45) is 2.56. The van der Waals surface area contributed by atoms with Gasteiger partial charge in [-0.15, -0.1) is 0 Å². The highest BCUT2D eigenvalue weighted by Gasteiger charge is 2.35. The number of anilines is 1. The maximum absolute atomic E-state index is 4.58. The standard InChI is InChI=1S/C15H17N3/c1-10-3-2-4-12(9-10)14-15-13(16-17-14)11-5-7-18(15)8-6-11/h2-4,9,11H,5-8H2,1H3,(H,16,17). The van der Waals surface area contributed by atoms with E-state index in [0.29, 0.717) is 5.92 Å². The van der Waals surface area contributed by atoms with E-state index in [1.807, 2.05) is 0 Å². The fourth-order valence-corrected chi connectivity index (χ4v) is 3.34. The van der Waals surface area contributed by atoms with Gasteiger partial charge in [0, 0.05) is 24.6 Å². The summed E-state index contributed by atoms with van der Waals surface area (Å²) in [5.41, 5.74) is 6.39. The van der Waals surface area contributed by atoms with Crippen LogP contribution in [-0.2, 0) is 0 Å². The number of hydrogen-bond acceptors (Lipinski definition) is 2. The Balaban J connectivity index is 1.89. The predicted octanol–water partition coefficient (Wildman–Crippen LogP) is 3.08. The molecule has 1 fully saturated rings. The van der Waals surface area contributed by atoms with E-state index in [2.05, 4.69) is 46.3 Å². The number of aromatic nitrogens is 2. The smallest absolute Gasteiger partial charge is 0.116 e. The maximum atomic E-state index is 4.58. The first-order valence-electron chi connectivity index (χ1n) is 6.73. The normalized spacial score (nSPS) is 18.2. The van der Waals surface area contributed by atoms with Crippen molar-refractivity contribution in [3.63, 3.8) is 0 Å². The molecule has 1 saturated heterocycles. The lowest BCUT2D eigenvalue weighted by Gasteiger charge is -2.40. The maximum Gasteiger partial charge on any atom is 0.116 e. The SMILES string of the molecule is Cc1cccc(-c2n[nH]c3c2N2CCC3CC2)c1. The molecule has 0 radical (unpaired) electrons.